The molecule has 11 rings (SSSR count). The SMILES string of the molecule is C=C(O)c1cc(C)n(C)n1.CNCc1ccnc(-c2[c-]cc(F)cc2F)c1.Cc1cc(C(=O)O)nn1C.Cc1cc(C(=O)O)nn1C.Cc1ccnc(-c2[c-]cc(F)cc2F)c1.Fc1c[c-]c(-c2ccccn2)c(F)c1.[C-]#[N+]c1c(F)c[c-]c(-c2ccccn2)c1F.[Ir].[Ir].[Ir].[Ir]. The molecule has 4 N–H and O–H groups in total. The van der Waals surface area contributed by atoms with Crippen LogP contribution in [0.4, 0.5) is 40.8 Å². The summed E-state index contributed by atoms with van der Waals surface area (Å²) in [6, 6.07) is 38.8. The summed E-state index contributed by atoms with van der Waals surface area (Å²) in [5.74, 6) is -7.64. The van der Waals surface area contributed by atoms with Crippen LogP contribution in [0.5, 0.6) is 0 Å². The molecule has 0 aliphatic carbocycles. The van der Waals surface area contributed by atoms with Gasteiger partial charge in [0.25, 0.3) is 0 Å². The van der Waals surface area contributed by atoms with E-state index in [0.717, 1.165) is 70.7 Å². The van der Waals surface area contributed by atoms with Gasteiger partial charge in [0, 0.05) is 197 Å². The summed E-state index contributed by atoms with van der Waals surface area (Å²) < 4.78 is 110. The van der Waals surface area contributed by atoms with Crippen LogP contribution in [0.25, 0.3) is 55.6 Å². The van der Waals surface area contributed by atoms with Crippen LogP contribution < -0.4 is 5.32 Å². The van der Waals surface area contributed by atoms with E-state index in [1.54, 1.807) is 106 Å². The number of hydrogen-bond donors (Lipinski definition) is 4. The van der Waals surface area contributed by atoms with Gasteiger partial charge in [-0.05, 0) is 106 Å². The van der Waals surface area contributed by atoms with Crippen molar-refractivity contribution in [2.75, 3.05) is 7.05 Å². The predicted molar refractivity (Wildman–Crippen MR) is 327 cm³/mol. The molecule has 17 nitrogen and oxygen atoms in total. The van der Waals surface area contributed by atoms with E-state index >= 15 is 0 Å². The first-order chi connectivity index (χ1) is 43.7. The number of hydrogen-bond acceptors (Lipinski definition) is 11. The number of aliphatic hydroxyl groups excluding tert-OH is 1. The standard InChI is InChI=1S/C13H11F2N2.C12H5F2N2.C12H8F2N.C11H6F2N.C7H10N2O.2C6H8N2O2.4Ir/c1-16-8-9-4-5-17-13(6-9)11-3-2-10(14)7-12(11)15;1-15-12-9(13)6-5-8(11(12)14)10-4-2-3-7-16-10;1-8-4-5-15-12(6-8)10-3-2-9(13)7-11(10)14;12-8-4-5-9(10(13)7-8)11-3-1-2-6-14-11;1-5-4-7(6(2)10)8-9(5)3;2*1-4-3-5(6(9)10)7-8(4)2;;;;/h2,4-7,16H,8H2,1H3;2-4,6-7H;2,4-7H,1H3;1-4,6-7H;4,10H,2H2,1,3H3;2*3H,1-2H3,(H,9,10);;;;/q4*-1;;;;;;;. The van der Waals surface area contributed by atoms with Crippen LogP contribution in [0.2, 0.25) is 0 Å². The Morgan fingerprint density at radius 1 is 0.500 bits per heavy atom. The van der Waals surface area contributed by atoms with Crippen molar-refractivity contribution in [2.24, 2.45) is 21.1 Å². The summed E-state index contributed by atoms with van der Waals surface area (Å²) in [5, 5.41) is 40.2. The molecule has 0 saturated heterocycles. The molecule has 4 radical (unpaired) electrons. The van der Waals surface area contributed by atoms with E-state index in [0.29, 0.717) is 35.0 Å². The number of nitrogens with one attached hydrogen (secondary N) is 1. The zero-order chi connectivity index (χ0) is 67.8. The van der Waals surface area contributed by atoms with Crippen molar-refractivity contribution in [1.29, 1.82) is 0 Å². The summed E-state index contributed by atoms with van der Waals surface area (Å²) in [7, 11) is 7.07. The molecular formula is C67H56F8Ir4N12O5-4. The van der Waals surface area contributed by atoms with Crippen molar-refractivity contribution < 1.29 is 140 Å². The first kappa shape index (κ1) is 85.1. The van der Waals surface area contributed by atoms with Crippen LogP contribution in [0, 0.1) is 105 Å². The first-order valence-electron chi connectivity index (χ1n) is 26.8. The number of aromatic carboxylic acids is 2. The Morgan fingerprint density at radius 2 is 0.875 bits per heavy atom. The fraction of sp³-hybridized carbons (Fsp3) is 0.134. The number of aryl methyl sites for hydroxylation is 7. The van der Waals surface area contributed by atoms with Gasteiger partial charge >= 0.3 is 11.9 Å². The second-order valence-corrected chi connectivity index (χ2v) is 19.1. The zero-order valence-corrected chi connectivity index (χ0v) is 61.3. The maximum Gasteiger partial charge on any atom is 0.356 e. The molecule has 0 atom stereocenters. The Hall–Kier alpha value is -8.92. The van der Waals surface area contributed by atoms with Gasteiger partial charge in [0.15, 0.2) is 17.1 Å². The van der Waals surface area contributed by atoms with Crippen molar-refractivity contribution >= 4 is 23.4 Å². The number of pyridine rings is 4. The molecule has 0 bridgehead atoms. The Labute approximate surface area is 601 Å². The Bertz CT molecular complexity index is 4180. The number of nitrogens with zero attached hydrogens (tertiary/aromatic N) is 11. The van der Waals surface area contributed by atoms with Gasteiger partial charge in [-0.25, -0.2) is 9.59 Å². The Balaban J connectivity index is 0.000000561. The number of benzene rings is 4. The average Bonchev–Trinajstić information content (AvgIpc) is 1.07. The minimum atomic E-state index is -0.983. The molecule has 0 fully saturated rings. The van der Waals surface area contributed by atoms with Crippen molar-refractivity contribution in [2.45, 2.75) is 34.2 Å². The molecule has 7 aromatic heterocycles. The molecular weight excluding hydrogens is 1970 g/mol. The van der Waals surface area contributed by atoms with Crippen LogP contribution >= 0.6 is 0 Å². The third-order valence-corrected chi connectivity index (χ3v) is 12.2. The number of aliphatic hydroxyl groups is 1. The smallest absolute Gasteiger partial charge is 0.356 e. The first-order valence-corrected chi connectivity index (χ1v) is 26.8. The van der Waals surface area contributed by atoms with Gasteiger partial charge in [0.2, 0.25) is 0 Å². The molecule has 0 aliphatic heterocycles. The molecule has 0 saturated carbocycles. The Kier molecular flexibility index (Phi) is 37.1. The van der Waals surface area contributed by atoms with Crippen molar-refractivity contribution in [1.82, 2.24) is 54.6 Å². The fourth-order valence-electron chi connectivity index (χ4n) is 7.35. The van der Waals surface area contributed by atoms with Crippen LogP contribution in [0.3, 0.4) is 0 Å². The number of halogens is 8. The summed E-state index contributed by atoms with van der Waals surface area (Å²) in [4.78, 5) is 39.3. The molecule has 0 spiro atoms. The van der Waals surface area contributed by atoms with E-state index in [4.69, 9.17) is 21.9 Å². The molecule has 4 aromatic carbocycles. The van der Waals surface area contributed by atoms with Gasteiger partial charge < -0.3 is 40.6 Å². The third-order valence-electron chi connectivity index (χ3n) is 12.2. The summed E-state index contributed by atoms with van der Waals surface area (Å²) in [6.45, 7) is 18.1. The summed E-state index contributed by atoms with van der Waals surface area (Å²) >= 11 is 0. The Morgan fingerprint density at radius 3 is 1.20 bits per heavy atom. The van der Waals surface area contributed by atoms with Crippen LogP contribution in [-0.2, 0) is 108 Å². The number of aromatic nitrogens is 10. The topological polar surface area (TPSA) is 216 Å². The molecule has 0 aliphatic rings. The second kappa shape index (κ2) is 41.8. The second-order valence-electron chi connectivity index (χ2n) is 19.1. The fourth-order valence-corrected chi connectivity index (χ4v) is 7.35. The minimum absolute atomic E-state index is 0. The predicted octanol–water partition coefficient (Wildman–Crippen LogP) is 14.0. The maximum atomic E-state index is 13.7. The normalized spacial score (nSPS) is 9.66. The van der Waals surface area contributed by atoms with E-state index in [1.165, 1.54) is 27.7 Å². The molecule has 96 heavy (non-hydrogen) atoms. The van der Waals surface area contributed by atoms with Crippen molar-refractivity contribution in [3.05, 3.63) is 280 Å². The van der Waals surface area contributed by atoms with Gasteiger partial charge in [-0.15, -0.1) is 54.1 Å². The molecule has 29 heteroatoms. The van der Waals surface area contributed by atoms with Gasteiger partial charge in [-0.3, -0.25) is 54.0 Å². The quantitative estimate of drug-likeness (QED) is 0.0602. The molecule has 0 unspecified atom stereocenters. The van der Waals surface area contributed by atoms with E-state index in [-0.39, 0.29) is 120 Å². The van der Waals surface area contributed by atoms with Gasteiger partial charge in [0.05, 0.1) is 6.57 Å². The molecule has 0 amide bonds. The third kappa shape index (κ3) is 26.0. The number of carboxylic acids is 2. The van der Waals surface area contributed by atoms with E-state index < -0.39 is 64.2 Å². The van der Waals surface area contributed by atoms with Gasteiger partial charge in [0.1, 0.15) is 11.5 Å². The van der Waals surface area contributed by atoms with Crippen molar-refractivity contribution in [3.8, 4) is 45.0 Å². The van der Waals surface area contributed by atoms with Gasteiger partial charge in [-0.2, -0.15) is 15.3 Å². The van der Waals surface area contributed by atoms with Crippen LogP contribution in [0.1, 0.15) is 54.9 Å². The molecule has 510 valence electrons. The monoisotopic (exact) mass is 2030 g/mol. The minimum Gasteiger partial charge on any atom is -0.506 e. The zero-order valence-electron chi connectivity index (χ0n) is 51.7. The number of carboxylic acid groups (broad SMARTS) is 2. The van der Waals surface area contributed by atoms with E-state index in [2.05, 4.69) is 76.2 Å². The molecule has 11 aromatic rings. The summed E-state index contributed by atoms with van der Waals surface area (Å²) in [5.41, 5.74) is 7.02. The summed E-state index contributed by atoms with van der Waals surface area (Å²) in [6.07, 6.45) is 6.22. The van der Waals surface area contributed by atoms with Gasteiger partial charge in [-0.1, -0.05) is 83.4 Å². The largest absolute Gasteiger partial charge is 0.506 e. The maximum absolute atomic E-state index is 13.7. The van der Waals surface area contributed by atoms with Crippen molar-refractivity contribution in [3.63, 3.8) is 0 Å². The molecule has 7 heterocycles. The van der Waals surface area contributed by atoms with Crippen LogP contribution in [-0.4, -0.2) is 83.6 Å². The number of rotatable bonds is 9. The average molecular weight is 2030 g/mol. The van der Waals surface area contributed by atoms with E-state index in [1.807, 2.05) is 40.1 Å². The van der Waals surface area contributed by atoms with Crippen LogP contribution in [0.15, 0.2) is 153 Å². The van der Waals surface area contributed by atoms with E-state index in [9.17, 15) is 44.7 Å². The number of carbonyl (C=O) groups is 2.